The Morgan fingerprint density at radius 3 is 3.00 bits per heavy atom. The van der Waals surface area contributed by atoms with E-state index in [9.17, 15) is 0 Å². The van der Waals surface area contributed by atoms with Gasteiger partial charge in [0.25, 0.3) is 0 Å². The Labute approximate surface area is 93.4 Å². The zero-order valence-electron chi connectivity index (χ0n) is 7.87. The second kappa shape index (κ2) is 3.82. The molecular formula is C10H9ClN4. The molecule has 2 heterocycles. The van der Waals surface area contributed by atoms with Crippen LogP contribution >= 0.6 is 12.4 Å². The third kappa shape index (κ3) is 1.53. The fraction of sp³-hybridized carbons (Fsp3) is 0.100. The highest BCUT2D eigenvalue weighted by Gasteiger charge is 2.19. The maximum absolute atomic E-state index is 4.17. The Bertz CT molecular complexity index is 464. The number of para-hydroxylation sites is 1. The van der Waals surface area contributed by atoms with Gasteiger partial charge in [0, 0.05) is 11.8 Å². The van der Waals surface area contributed by atoms with E-state index < -0.39 is 0 Å². The number of hydrogen-bond donors (Lipinski definition) is 0. The molecule has 0 aliphatic carbocycles. The molecule has 1 aromatic rings. The number of fused-ring (bicyclic) bond motifs is 3. The van der Waals surface area contributed by atoms with Crippen molar-refractivity contribution in [2.75, 3.05) is 11.6 Å². The lowest BCUT2D eigenvalue weighted by Crippen LogP contribution is -2.17. The van der Waals surface area contributed by atoms with Crippen LogP contribution in [0.2, 0.25) is 0 Å². The first-order valence-corrected chi connectivity index (χ1v) is 4.42. The number of hydrogen-bond acceptors (Lipinski definition) is 4. The summed E-state index contributed by atoms with van der Waals surface area (Å²) in [5.74, 6) is 0.811. The summed E-state index contributed by atoms with van der Waals surface area (Å²) in [5, 5.41) is 7.99. The van der Waals surface area contributed by atoms with Gasteiger partial charge in [-0.15, -0.1) is 17.5 Å². The predicted octanol–water partition coefficient (Wildman–Crippen LogP) is 2.57. The SMILES string of the molecule is C1=NC=C2N=NCN2c2ccccc21.Cl. The van der Waals surface area contributed by atoms with Crippen molar-refractivity contribution in [3.8, 4) is 0 Å². The maximum Gasteiger partial charge on any atom is 0.175 e. The first kappa shape index (κ1) is 9.86. The molecule has 0 radical (unpaired) electrons. The fourth-order valence-electron chi connectivity index (χ4n) is 1.62. The van der Waals surface area contributed by atoms with Crippen LogP contribution in [0.4, 0.5) is 5.69 Å². The van der Waals surface area contributed by atoms with E-state index in [1.54, 1.807) is 6.20 Å². The Hall–Kier alpha value is -1.68. The molecule has 15 heavy (non-hydrogen) atoms. The number of nitrogens with zero attached hydrogens (tertiary/aromatic N) is 4. The summed E-state index contributed by atoms with van der Waals surface area (Å²) in [6.45, 7) is 0.589. The van der Waals surface area contributed by atoms with Crippen LogP contribution in [-0.2, 0) is 0 Å². The minimum atomic E-state index is 0. The van der Waals surface area contributed by atoms with Crippen molar-refractivity contribution >= 4 is 24.3 Å². The normalized spacial score (nSPS) is 16.3. The van der Waals surface area contributed by atoms with Gasteiger partial charge in [0.15, 0.2) is 5.82 Å². The number of halogens is 1. The minimum absolute atomic E-state index is 0. The van der Waals surface area contributed by atoms with Crippen molar-refractivity contribution < 1.29 is 0 Å². The molecule has 2 aliphatic heterocycles. The molecule has 0 atom stereocenters. The number of rotatable bonds is 0. The molecule has 0 unspecified atom stereocenters. The average molecular weight is 221 g/mol. The number of azo groups is 1. The van der Waals surface area contributed by atoms with E-state index in [4.69, 9.17) is 0 Å². The average Bonchev–Trinajstić information content (AvgIpc) is 2.61. The second-order valence-electron chi connectivity index (χ2n) is 3.14. The van der Waals surface area contributed by atoms with Crippen molar-refractivity contribution in [3.63, 3.8) is 0 Å². The third-order valence-corrected chi connectivity index (χ3v) is 2.29. The first-order valence-electron chi connectivity index (χ1n) is 4.42. The van der Waals surface area contributed by atoms with E-state index in [1.807, 2.05) is 29.3 Å². The second-order valence-corrected chi connectivity index (χ2v) is 3.14. The fourth-order valence-corrected chi connectivity index (χ4v) is 1.62. The summed E-state index contributed by atoms with van der Waals surface area (Å²) in [6.07, 6.45) is 3.58. The molecule has 3 rings (SSSR count). The highest BCUT2D eigenvalue weighted by atomic mass is 35.5. The summed E-state index contributed by atoms with van der Waals surface area (Å²) in [4.78, 5) is 6.22. The number of anilines is 1. The Kier molecular flexibility index (Phi) is 2.51. The van der Waals surface area contributed by atoms with E-state index in [1.165, 1.54) is 0 Å². The van der Waals surface area contributed by atoms with Gasteiger partial charge < -0.3 is 4.90 Å². The number of aliphatic imine (C=N–C) groups is 1. The van der Waals surface area contributed by atoms with E-state index in [0.29, 0.717) is 6.67 Å². The lowest BCUT2D eigenvalue weighted by atomic mass is 10.2. The number of benzene rings is 1. The van der Waals surface area contributed by atoms with Crippen molar-refractivity contribution in [1.82, 2.24) is 0 Å². The van der Waals surface area contributed by atoms with Crippen LogP contribution < -0.4 is 4.90 Å². The topological polar surface area (TPSA) is 40.3 Å². The molecule has 0 saturated heterocycles. The van der Waals surface area contributed by atoms with E-state index in [-0.39, 0.29) is 12.4 Å². The van der Waals surface area contributed by atoms with Gasteiger partial charge >= 0.3 is 0 Å². The van der Waals surface area contributed by atoms with Crippen molar-refractivity contribution in [3.05, 3.63) is 41.8 Å². The smallest absolute Gasteiger partial charge is 0.175 e. The molecule has 0 aromatic heterocycles. The summed E-state index contributed by atoms with van der Waals surface area (Å²) in [6, 6.07) is 8.10. The molecule has 2 aliphatic rings. The lowest BCUT2D eigenvalue weighted by Gasteiger charge is -2.16. The van der Waals surface area contributed by atoms with Crippen LogP contribution in [0.15, 0.2) is 51.5 Å². The predicted molar refractivity (Wildman–Crippen MR) is 61.6 cm³/mol. The van der Waals surface area contributed by atoms with Gasteiger partial charge in [-0.1, -0.05) is 18.2 Å². The van der Waals surface area contributed by atoms with Gasteiger partial charge in [-0.25, -0.2) is 0 Å². The first-order chi connectivity index (χ1) is 6.95. The van der Waals surface area contributed by atoms with Gasteiger partial charge in [-0.05, 0) is 6.07 Å². The monoisotopic (exact) mass is 220 g/mol. The molecule has 4 nitrogen and oxygen atoms in total. The van der Waals surface area contributed by atoms with Gasteiger partial charge in [0.2, 0.25) is 0 Å². The van der Waals surface area contributed by atoms with Gasteiger partial charge in [-0.2, -0.15) is 5.11 Å². The van der Waals surface area contributed by atoms with E-state index in [0.717, 1.165) is 17.1 Å². The zero-order chi connectivity index (χ0) is 9.38. The van der Waals surface area contributed by atoms with Crippen LogP contribution in [0.5, 0.6) is 0 Å². The van der Waals surface area contributed by atoms with E-state index >= 15 is 0 Å². The van der Waals surface area contributed by atoms with Crippen molar-refractivity contribution in [1.29, 1.82) is 0 Å². The molecule has 0 amide bonds. The summed E-state index contributed by atoms with van der Waals surface area (Å²) < 4.78 is 0. The zero-order valence-corrected chi connectivity index (χ0v) is 8.68. The summed E-state index contributed by atoms with van der Waals surface area (Å²) in [7, 11) is 0. The third-order valence-electron chi connectivity index (χ3n) is 2.29. The summed E-state index contributed by atoms with van der Waals surface area (Å²) >= 11 is 0. The molecule has 0 bridgehead atoms. The molecule has 0 saturated carbocycles. The molecule has 76 valence electrons. The standard InChI is InChI=1S/C10H8N4.ClH/c1-2-4-9-8(3-1)5-11-6-10-13-12-7-14(9)10;/h1-6H,7H2;1H. The maximum atomic E-state index is 4.17. The summed E-state index contributed by atoms with van der Waals surface area (Å²) in [5.41, 5.74) is 2.22. The van der Waals surface area contributed by atoms with Crippen LogP contribution in [0, 0.1) is 0 Å². The molecule has 0 spiro atoms. The minimum Gasteiger partial charge on any atom is -0.301 e. The van der Waals surface area contributed by atoms with Crippen LogP contribution in [-0.4, -0.2) is 12.9 Å². The molecule has 1 aromatic carbocycles. The van der Waals surface area contributed by atoms with E-state index in [2.05, 4.69) is 21.3 Å². The molecule has 0 N–H and O–H groups in total. The largest absolute Gasteiger partial charge is 0.301 e. The van der Waals surface area contributed by atoms with Crippen LogP contribution in [0.25, 0.3) is 0 Å². The van der Waals surface area contributed by atoms with Crippen molar-refractivity contribution in [2.24, 2.45) is 15.2 Å². The van der Waals surface area contributed by atoms with Gasteiger partial charge in [0.05, 0.1) is 11.9 Å². The van der Waals surface area contributed by atoms with Crippen LogP contribution in [0.1, 0.15) is 5.56 Å². The molecule has 0 fully saturated rings. The Morgan fingerprint density at radius 2 is 2.07 bits per heavy atom. The quantitative estimate of drug-likeness (QED) is 0.663. The Morgan fingerprint density at radius 1 is 1.20 bits per heavy atom. The van der Waals surface area contributed by atoms with Gasteiger partial charge in [0.1, 0.15) is 6.67 Å². The Balaban J connectivity index is 0.000000853. The molecule has 5 heteroatoms. The van der Waals surface area contributed by atoms with Crippen LogP contribution in [0.3, 0.4) is 0 Å². The highest BCUT2D eigenvalue weighted by molar-refractivity contribution is 5.90. The lowest BCUT2D eigenvalue weighted by molar-refractivity contribution is 1.00. The van der Waals surface area contributed by atoms with Gasteiger partial charge in [-0.3, -0.25) is 4.99 Å². The molecular weight excluding hydrogens is 212 g/mol. The highest BCUT2D eigenvalue weighted by Crippen LogP contribution is 2.28. The van der Waals surface area contributed by atoms with Crippen molar-refractivity contribution in [2.45, 2.75) is 0 Å².